The summed E-state index contributed by atoms with van der Waals surface area (Å²) >= 11 is 0. The van der Waals surface area contributed by atoms with Crippen molar-refractivity contribution in [2.75, 3.05) is 26.8 Å². The van der Waals surface area contributed by atoms with Gasteiger partial charge in [-0.25, -0.2) is 0 Å². The summed E-state index contributed by atoms with van der Waals surface area (Å²) in [5.41, 5.74) is 2.26. The Bertz CT molecular complexity index is 762. The van der Waals surface area contributed by atoms with E-state index in [-0.39, 0.29) is 11.9 Å². The molecule has 1 unspecified atom stereocenters. The number of likely N-dealkylation sites (tertiary alicyclic amines) is 1. The normalized spacial score (nSPS) is 17.1. The summed E-state index contributed by atoms with van der Waals surface area (Å²) in [6, 6.07) is 16.1. The predicted octanol–water partition coefficient (Wildman–Crippen LogP) is 4.05. The van der Waals surface area contributed by atoms with Crippen LogP contribution < -0.4 is 9.47 Å². The molecule has 0 aliphatic carbocycles. The first-order chi connectivity index (χ1) is 13.7. The number of benzene rings is 2. The number of hydrogen-bond acceptors (Lipinski definition) is 5. The van der Waals surface area contributed by atoms with Gasteiger partial charge in [0.15, 0.2) is 11.5 Å². The lowest BCUT2D eigenvalue weighted by molar-refractivity contribution is -0.150. The van der Waals surface area contributed by atoms with Gasteiger partial charge in [0.25, 0.3) is 0 Å². The van der Waals surface area contributed by atoms with Crippen LogP contribution in [-0.4, -0.2) is 37.7 Å². The van der Waals surface area contributed by atoms with Crippen LogP contribution in [0.3, 0.4) is 0 Å². The number of hydrogen-bond donors (Lipinski definition) is 0. The third-order valence-electron chi connectivity index (χ3n) is 5.00. The highest BCUT2D eigenvalue weighted by molar-refractivity contribution is 5.72. The van der Waals surface area contributed by atoms with E-state index in [1.54, 1.807) is 7.11 Å². The van der Waals surface area contributed by atoms with Crippen LogP contribution in [0.25, 0.3) is 0 Å². The first-order valence-electron chi connectivity index (χ1n) is 9.92. The van der Waals surface area contributed by atoms with E-state index in [2.05, 4.69) is 11.0 Å². The lowest BCUT2D eigenvalue weighted by Gasteiger charge is -2.31. The van der Waals surface area contributed by atoms with Crippen molar-refractivity contribution in [1.29, 1.82) is 0 Å². The van der Waals surface area contributed by atoms with Crippen molar-refractivity contribution in [3.63, 3.8) is 0 Å². The van der Waals surface area contributed by atoms with Gasteiger partial charge in [-0.2, -0.15) is 0 Å². The molecule has 1 heterocycles. The number of ether oxygens (including phenoxy) is 3. The van der Waals surface area contributed by atoms with Crippen LogP contribution in [-0.2, 0) is 22.7 Å². The van der Waals surface area contributed by atoms with Gasteiger partial charge in [0.05, 0.1) is 19.6 Å². The zero-order chi connectivity index (χ0) is 19.8. The van der Waals surface area contributed by atoms with E-state index < -0.39 is 0 Å². The Labute approximate surface area is 167 Å². The molecule has 1 aliphatic rings. The zero-order valence-corrected chi connectivity index (χ0v) is 16.7. The average molecular weight is 383 g/mol. The maximum Gasteiger partial charge on any atom is 0.310 e. The Balaban J connectivity index is 1.64. The fraction of sp³-hybridized carbons (Fsp3) is 0.435. The topological polar surface area (TPSA) is 48.0 Å². The molecule has 2 aromatic carbocycles. The molecule has 5 nitrogen and oxygen atoms in total. The quantitative estimate of drug-likeness (QED) is 0.644. The van der Waals surface area contributed by atoms with Crippen molar-refractivity contribution in [1.82, 2.24) is 4.90 Å². The molecule has 0 amide bonds. The Morgan fingerprint density at radius 3 is 2.68 bits per heavy atom. The van der Waals surface area contributed by atoms with Gasteiger partial charge < -0.3 is 14.2 Å². The van der Waals surface area contributed by atoms with E-state index in [1.807, 2.05) is 49.4 Å². The summed E-state index contributed by atoms with van der Waals surface area (Å²) < 4.78 is 16.7. The fourth-order valence-corrected chi connectivity index (χ4v) is 3.58. The number of rotatable bonds is 8. The molecule has 3 rings (SSSR count). The molecule has 2 aromatic rings. The lowest BCUT2D eigenvalue weighted by atomic mass is 9.97. The molecule has 0 spiro atoms. The smallest absolute Gasteiger partial charge is 0.310 e. The Morgan fingerprint density at radius 1 is 1.11 bits per heavy atom. The number of nitrogens with zero attached hydrogens (tertiary/aromatic N) is 1. The third-order valence-corrected chi connectivity index (χ3v) is 5.00. The molecule has 1 aliphatic heterocycles. The average Bonchev–Trinajstić information content (AvgIpc) is 2.73. The summed E-state index contributed by atoms with van der Waals surface area (Å²) in [5, 5.41) is 0. The zero-order valence-electron chi connectivity index (χ0n) is 16.7. The highest BCUT2D eigenvalue weighted by atomic mass is 16.5. The van der Waals surface area contributed by atoms with Gasteiger partial charge in [0, 0.05) is 13.1 Å². The Morgan fingerprint density at radius 2 is 1.93 bits per heavy atom. The van der Waals surface area contributed by atoms with Crippen molar-refractivity contribution in [2.45, 2.75) is 32.9 Å². The SMILES string of the molecule is CCOC(=O)C1CCCN(Cc2ccc(OC)c(OCc3ccccc3)c2)C1. The largest absolute Gasteiger partial charge is 0.493 e. The van der Waals surface area contributed by atoms with Gasteiger partial charge in [0.2, 0.25) is 0 Å². The van der Waals surface area contributed by atoms with Crippen molar-refractivity contribution >= 4 is 5.97 Å². The number of piperidine rings is 1. The van der Waals surface area contributed by atoms with E-state index in [0.29, 0.717) is 13.2 Å². The maximum atomic E-state index is 12.1. The lowest BCUT2D eigenvalue weighted by Crippen LogP contribution is -2.38. The Hall–Kier alpha value is -2.53. The summed E-state index contributed by atoms with van der Waals surface area (Å²) in [4.78, 5) is 14.4. The highest BCUT2D eigenvalue weighted by Crippen LogP contribution is 2.30. The summed E-state index contributed by atoms with van der Waals surface area (Å²) in [7, 11) is 1.65. The molecule has 150 valence electrons. The van der Waals surface area contributed by atoms with Crippen molar-refractivity contribution < 1.29 is 19.0 Å². The third kappa shape index (κ3) is 5.49. The monoisotopic (exact) mass is 383 g/mol. The van der Waals surface area contributed by atoms with E-state index >= 15 is 0 Å². The number of carbonyl (C=O) groups is 1. The van der Waals surface area contributed by atoms with Crippen LogP contribution in [0.2, 0.25) is 0 Å². The first kappa shape index (κ1) is 20.2. The van der Waals surface area contributed by atoms with Crippen LogP contribution in [0.15, 0.2) is 48.5 Å². The minimum Gasteiger partial charge on any atom is -0.493 e. The molecule has 1 saturated heterocycles. The van der Waals surface area contributed by atoms with Gasteiger partial charge in [-0.1, -0.05) is 36.4 Å². The van der Waals surface area contributed by atoms with Crippen molar-refractivity contribution in [2.24, 2.45) is 5.92 Å². The second-order valence-corrected chi connectivity index (χ2v) is 7.09. The molecule has 0 N–H and O–H groups in total. The maximum absolute atomic E-state index is 12.1. The Kier molecular flexibility index (Phi) is 7.31. The van der Waals surface area contributed by atoms with E-state index in [0.717, 1.165) is 55.1 Å². The van der Waals surface area contributed by atoms with Crippen molar-refractivity contribution in [3.8, 4) is 11.5 Å². The summed E-state index contributed by atoms with van der Waals surface area (Å²) in [6.07, 6.45) is 1.92. The van der Waals surface area contributed by atoms with Gasteiger partial charge in [-0.05, 0) is 49.6 Å². The number of esters is 1. The molecule has 0 bridgehead atoms. The summed E-state index contributed by atoms with van der Waals surface area (Å²) in [5.74, 6) is 1.36. The minimum atomic E-state index is -0.0752. The van der Waals surface area contributed by atoms with Gasteiger partial charge in [-0.15, -0.1) is 0 Å². The second kappa shape index (κ2) is 10.1. The molecule has 1 fully saturated rings. The van der Waals surface area contributed by atoms with Crippen LogP contribution in [0.4, 0.5) is 0 Å². The molecular weight excluding hydrogens is 354 g/mol. The molecule has 1 atom stereocenters. The molecule has 28 heavy (non-hydrogen) atoms. The van der Waals surface area contributed by atoms with Gasteiger partial charge >= 0.3 is 5.97 Å². The number of carbonyl (C=O) groups excluding carboxylic acids is 1. The van der Waals surface area contributed by atoms with Crippen LogP contribution in [0, 0.1) is 5.92 Å². The summed E-state index contributed by atoms with van der Waals surface area (Å²) in [6.45, 7) is 5.30. The standard InChI is InChI=1S/C23H29NO4/c1-3-27-23(25)20-10-7-13-24(16-20)15-19-11-12-21(26-2)22(14-19)28-17-18-8-5-4-6-9-18/h4-6,8-9,11-12,14,20H,3,7,10,13,15-17H2,1-2H3. The van der Waals surface area contributed by atoms with E-state index in [4.69, 9.17) is 14.2 Å². The fourth-order valence-electron chi connectivity index (χ4n) is 3.58. The first-order valence-corrected chi connectivity index (χ1v) is 9.92. The highest BCUT2D eigenvalue weighted by Gasteiger charge is 2.26. The van der Waals surface area contributed by atoms with E-state index in [1.165, 1.54) is 0 Å². The van der Waals surface area contributed by atoms with Crippen LogP contribution in [0.1, 0.15) is 30.9 Å². The predicted molar refractivity (Wildman–Crippen MR) is 108 cm³/mol. The van der Waals surface area contributed by atoms with Crippen LogP contribution >= 0.6 is 0 Å². The van der Waals surface area contributed by atoms with Gasteiger partial charge in [0.1, 0.15) is 6.61 Å². The van der Waals surface area contributed by atoms with Crippen LogP contribution in [0.5, 0.6) is 11.5 Å². The molecule has 0 saturated carbocycles. The van der Waals surface area contributed by atoms with Crippen molar-refractivity contribution in [3.05, 3.63) is 59.7 Å². The second-order valence-electron chi connectivity index (χ2n) is 7.09. The molecule has 0 aromatic heterocycles. The molecule has 0 radical (unpaired) electrons. The minimum absolute atomic E-state index is 0.0271. The molecular formula is C23H29NO4. The van der Waals surface area contributed by atoms with E-state index in [9.17, 15) is 4.79 Å². The number of methoxy groups -OCH3 is 1. The molecule has 5 heteroatoms. The van der Waals surface area contributed by atoms with Gasteiger partial charge in [-0.3, -0.25) is 9.69 Å².